The highest BCUT2D eigenvalue weighted by atomic mass is 19.1. The van der Waals surface area contributed by atoms with E-state index in [9.17, 15) is 9.18 Å². The largest absolute Gasteiger partial charge is 0.328 e. The summed E-state index contributed by atoms with van der Waals surface area (Å²) in [5.41, 5.74) is 0.904. The summed E-state index contributed by atoms with van der Waals surface area (Å²) in [5.74, 6) is -0.366. The Hall–Kier alpha value is -2.24. The zero-order valence-corrected chi connectivity index (χ0v) is 9.32. The number of hydrogen-bond acceptors (Lipinski definition) is 4. The van der Waals surface area contributed by atoms with Crippen LogP contribution in [0.2, 0.25) is 0 Å². The van der Waals surface area contributed by atoms with E-state index in [1.165, 1.54) is 18.2 Å². The van der Waals surface area contributed by atoms with E-state index in [0.717, 1.165) is 0 Å². The fourth-order valence-corrected chi connectivity index (χ4v) is 1.39. The molecule has 0 aliphatic carbocycles. The van der Waals surface area contributed by atoms with Crippen LogP contribution in [-0.4, -0.2) is 16.0 Å². The van der Waals surface area contributed by atoms with Gasteiger partial charge in [0.05, 0.1) is 0 Å². The van der Waals surface area contributed by atoms with E-state index in [1.54, 1.807) is 13.8 Å². The predicted octanol–water partition coefficient (Wildman–Crippen LogP) is 2.08. The van der Waals surface area contributed by atoms with Crippen LogP contribution in [0.25, 0.3) is 0 Å². The number of aryl methyl sites for hydroxylation is 2. The maximum absolute atomic E-state index is 12.9. The van der Waals surface area contributed by atoms with Crippen LogP contribution in [0.1, 0.15) is 21.7 Å². The van der Waals surface area contributed by atoms with Gasteiger partial charge >= 0.3 is 6.01 Å². The van der Waals surface area contributed by atoms with Crippen LogP contribution in [0.4, 0.5) is 10.4 Å². The first-order valence-corrected chi connectivity index (χ1v) is 4.94. The number of amides is 1. The topological polar surface area (TPSA) is 68.0 Å². The van der Waals surface area contributed by atoms with Gasteiger partial charge in [0.1, 0.15) is 5.82 Å². The number of carbonyl (C=O) groups is 1. The van der Waals surface area contributed by atoms with Gasteiger partial charge in [-0.15, -0.1) is 0 Å². The maximum Gasteiger partial charge on any atom is 0.328 e. The average molecular weight is 235 g/mol. The highest BCUT2D eigenvalue weighted by Crippen LogP contribution is 2.12. The summed E-state index contributed by atoms with van der Waals surface area (Å²) in [6.07, 6.45) is 0. The smallest absolute Gasteiger partial charge is 0.315 e. The van der Waals surface area contributed by atoms with Crippen LogP contribution in [0, 0.1) is 19.7 Å². The Balaban J connectivity index is 2.20. The molecule has 17 heavy (non-hydrogen) atoms. The fourth-order valence-electron chi connectivity index (χ4n) is 1.39. The number of carbonyl (C=O) groups excluding carboxylic acids is 1. The molecule has 0 unspecified atom stereocenters. The van der Waals surface area contributed by atoms with Crippen molar-refractivity contribution in [2.45, 2.75) is 13.8 Å². The Labute approximate surface area is 96.6 Å². The molecule has 0 fully saturated rings. The van der Waals surface area contributed by atoms with E-state index in [4.69, 9.17) is 4.52 Å². The quantitative estimate of drug-likeness (QED) is 0.865. The molecule has 1 aromatic carbocycles. The Bertz CT molecular complexity index is 566. The summed E-state index contributed by atoms with van der Waals surface area (Å²) >= 11 is 0. The van der Waals surface area contributed by atoms with Crippen LogP contribution >= 0.6 is 0 Å². The van der Waals surface area contributed by atoms with Gasteiger partial charge in [-0.05, 0) is 37.6 Å². The molecule has 0 aliphatic rings. The summed E-state index contributed by atoms with van der Waals surface area (Å²) in [6, 6.07) is 3.94. The number of aromatic nitrogens is 2. The normalized spacial score (nSPS) is 10.3. The molecule has 5 nitrogen and oxygen atoms in total. The molecule has 88 valence electrons. The summed E-state index contributed by atoms with van der Waals surface area (Å²) in [6.45, 7) is 3.29. The third-order valence-corrected chi connectivity index (χ3v) is 2.18. The highest BCUT2D eigenvalue weighted by molar-refractivity contribution is 6.04. The van der Waals surface area contributed by atoms with E-state index >= 15 is 0 Å². The molecule has 2 rings (SSSR count). The Morgan fingerprint density at radius 3 is 2.76 bits per heavy atom. The van der Waals surface area contributed by atoms with Crippen LogP contribution in [0.3, 0.4) is 0 Å². The molecule has 1 amide bonds. The second kappa shape index (κ2) is 4.32. The molecular formula is C11H10FN3O2. The Morgan fingerprint density at radius 2 is 2.18 bits per heavy atom. The zero-order chi connectivity index (χ0) is 12.4. The SMILES string of the molecule is Cc1noc(NC(=O)c2ccc(F)cc2C)n1. The zero-order valence-electron chi connectivity index (χ0n) is 9.32. The van der Waals surface area contributed by atoms with Crippen molar-refractivity contribution in [1.82, 2.24) is 10.1 Å². The van der Waals surface area contributed by atoms with Gasteiger partial charge in [0.25, 0.3) is 5.91 Å². The van der Waals surface area contributed by atoms with Gasteiger partial charge < -0.3 is 4.52 Å². The van der Waals surface area contributed by atoms with Crippen molar-refractivity contribution < 1.29 is 13.7 Å². The first-order valence-electron chi connectivity index (χ1n) is 4.94. The lowest BCUT2D eigenvalue weighted by atomic mass is 10.1. The van der Waals surface area contributed by atoms with E-state index in [-0.39, 0.29) is 11.8 Å². The molecule has 0 saturated carbocycles. The van der Waals surface area contributed by atoms with E-state index in [1.807, 2.05) is 0 Å². The first-order chi connectivity index (χ1) is 8.06. The summed E-state index contributed by atoms with van der Waals surface area (Å²) < 4.78 is 17.6. The molecule has 0 atom stereocenters. The second-order valence-electron chi connectivity index (χ2n) is 3.56. The number of nitrogens with zero attached hydrogens (tertiary/aromatic N) is 2. The van der Waals surface area contributed by atoms with E-state index in [2.05, 4.69) is 15.5 Å². The molecule has 0 aliphatic heterocycles. The predicted molar refractivity (Wildman–Crippen MR) is 58.1 cm³/mol. The Kier molecular flexibility index (Phi) is 2.86. The summed E-state index contributed by atoms with van der Waals surface area (Å²) in [7, 11) is 0. The number of halogens is 1. The first kappa shape index (κ1) is 11.3. The minimum atomic E-state index is -0.411. The molecule has 0 saturated heterocycles. The molecule has 0 spiro atoms. The van der Waals surface area contributed by atoms with E-state index in [0.29, 0.717) is 17.0 Å². The molecular weight excluding hydrogens is 225 g/mol. The molecule has 1 N–H and O–H groups in total. The van der Waals surface area contributed by atoms with Crippen molar-refractivity contribution >= 4 is 11.9 Å². The van der Waals surface area contributed by atoms with Crippen molar-refractivity contribution in [1.29, 1.82) is 0 Å². The second-order valence-corrected chi connectivity index (χ2v) is 3.56. The van der Waals surface area contributed by atoms with Gasteiger partial charge in [0.15, 0.2) is 5.82 Å². The third-order valence-electron chi connectivity index (χ3n) is 2.18. The molecule has 2 aromatic rings. The standard InChI is InChI=1S/C11H10FN3O2/c1-6-5-8(12)3-4-9(6)10(16)14-11-13-7(2)15-17-11/h3-5H,1-2H3,(H,13,14,15,16). The monoisotopic (exact) mass is 235 g/mol. The number of nitrogens with one attached hydrogen (secondary N) is 1. The van der Waals surface area contributed by atoms with Crippen LogP contribution in [0.15, 0.2) is 22.7 Å². The van der Waals surface area contributed by atoms with Gasteiger partial charge in [-0.25, -0.2) is 4.39 Å². The molecule has 1 heterocycles. The molecule has 1 aromatic heterocycles. The van der Waals surface area contributed by atoms with Crippen LogP contribution in [-0.2, 0) is 0 Å². The van der Waals surface area contributed by atoms with Crippen LogP contribution < -0.4 is 5.32 Å². The lowest BCUT2D eigenvalue weighted by Gasteiger charge is -2.03. The van der Waals surface area contributed by atoms with Gasteiger partial charge in [-0.2, -0.15) is 4.98 Å². The highest BCUT2D eigenvalue weighted by Gasteiger charge is 2.12. The summed E-state index contributed by atoms with van der Waals surface area (Å²) in [5, 5.41) is 5.98. The Morgan fingerprint density at radius 1 is 1.41 bits per heavy atom. The van der Waals surface area contributed by atoms with Crippen LogP contribution in [0.5, 0.6) is 0 Å². The van der Waals surface area contributed by atoms with Crippen molar-refractivity contribution in [2.24, 2.45) is 0 Å². The van der Waals surface area contributed by atoms with Gasteiger partial charge in [0, 0.05) is 5.56 Å². The number of anilines is 1. The van der Waals surface area contributed by atoms with Crippen molar-refractivity contribution in [3.8, 4) is 0 Å². The number of hydrogen-bond donors (Lipinski definition) is 1. The van der Waals surface area contributed by atoms with E-state index < -0.39 is 5.91 Å². The average Bonchev–Trinajstić information content (AvgIpc) is 2.63. The minimum Gasteiger partial charge on any atom is -0.315 e. The molecule has 6 heteroatoms. The van der Waals surface area contributed by atoms with Gasteiger partial charge in [0.2, 0.25) is 0 Å². The third kappa shape index (κ3) is 2.47. The minimum absolute atomic E-state index is 0.0243. The van der Waals surface area contributed by atoms with Crippen molar-refractivity contribution in [2.75, 3.05) is 5.32 Å². The lowest BCUT2D eigenvalue weighted by Crippen LogP contribution is -2.13. The van der Waals surface area contributed by atoms with Gasteiger partial charge in [-0.1, -0.05) is 5.16 Å². The maximum atomic E-state index is 12.9. The summed E-state index contributed by atoms with van der Waals surface area (Å²) in [4.78, 5) is 15.6. The van der Waals surface area contributed by atoms with Crippen molar-refractivity contribution in [3.63, 3.8) is 0 Å². The van der Waals surface area contributed by atoms with Gasteiger partial charge in [-0.3, -0.25) is 10.1 Å². The number of benzene rings is 1. The molecule has 0 bridgehead atoms. The molecule has 0 radical (unpaired) electrons. The lowest BCUT2D eigenvalue weighted by molar-refractivity contribution is 0.102. The van der Waals surface area contributed by atoms with Crippen molar-refractivity contribution in [3.05, 3.63) is 41.0 Å². The number of rotatable bonds is 2. The fraction of sp³-hybridized carbons (Fsp3) is 0.182.